The number of benzene rings is 4. The first kappa shape index (κ1) is 41.3. The van der Waals surface area contributed by atoms with Crippen LogP contribution in [0.15, 0.2) is 117 Å². The number of aliphatic hydroxyl groups excluding tert-OH is 1. The van der Waals surface area contributed by atoms with E-state index in [2.05, 4.69) is 72.8 Å². The largest absolute Gasteiger partial charge is 0.483 e. The van der Waals surface area contributed by atoms with Gasteiger partial charge in [0, 0.05) is 29.4 Å². The molecule has 4 atom stereocenters. The third-order valence-electron chi connectivity index (χ3n) is 13.1. The van der Waals surface area contributed by atoms with Gasteiger partial charge in [0.25, 0.3) is 0 Å². The van der Waals surface area contributed by atoms with Gasteiger partial charge in [-0.1, -0.05) is 104 Å². The molecular weight excluding hydrogens is 753 g/mol. The normalized spacial score (nSPS) is 22.7. The standard InChI is InChI=1S/C52H56O8/c1-33(2)42-24-23-34-17-19-37(20-18-34)29-39(22-21-36-13-10-14-38(28-36)27-35-11-6-4-7-12-35)30-45(54)58-49-47-44(26-25-43-40(32-53)31-46(55)57-48(43)47)60-52(3,50(49)59-51(42)56)41-15-8-5-9-16-41/h4,6-7,10-14,17-20,25-26,28,31,39,41,49-50,53H,5,8-9,15-16,21-24,27,29-30,32H2,1-3H3. The lowest BCUT2D eigenvalue weighted by molar-refractivity contribution is -0.201. The van der Waals surface area contributed by atoms with Crippen molar-refractivity contribution >= 4 is 22.9 Å². The molecule has 60 heavy (non-hydrogen) atoms. The number of hydrogen-bond donors (Lipinski definition) is 1. The summed E-state index contributed by atoms with van der Waals surface area (Å²) in [5.74, 6) is -0.588. The summed E-state index contributed by atoms with van der Waals surface area (Å²) >= 11 is 0. The first-order chi connectivity index (χ1) is 29.1. The number of carbonyl (C=O) groups is 2. The molecule has 4 heterocycles. The molecule has 2 bridgehead atoms. The van der Waals surface area contributed by atoms with Crippen molar-refractivity contribution < 1.29 is 33.3 Å². The van der Waals surface area contributed by atoms with E-state index in [0.717, 1.165) is 68.1 Å². The Balaban J connectivity index is 1.20. The van der Waals surface area contributed by atoms with Gasteiger partial charge in [-0.15, -0.1) is 0 Å². The molecule has 1 saturated carbocycles. The molecule has 1 N–H and O–H groups in total. The Morgan fingerprint density at radius 1 is 0.767 bits per heavy atom. The van der Waals surface area contributed by atoms with Crippen LogP contribution in [0, 0.1) is 11.8 Å². The quantitative estimate of drug-likeness (QED) is 0.0983. The van der Waals surface area contributed by atoms with Crippen molar-refractivity contribution in [1.82, 2.24) is 0 Å². The average molecular weight is 809 g/mol. The zero-order chi connectivity index (χ0) is 41.8. The van der Waals surface area contributed by atoms with Crippen LogP contribution in [-0.4, -0.2) is 28.8 Å². The third-order valence-corrected chi connectivity index (χ3v) is 13.1. The highest BCUT2D eigenvalue weighted by molar-refractivity contribution is 5.90. The number of fused-ring (bicyclic) bond motifs is 13. The van der Waals surface area contributed by atoms with Gasteiger partial charge < -0.3 is 23.7 Å². The van der Waals surface area contributed by atoms with Gasteiger partial charge in [0.05, 0.1) is 12.2 Å². The van der Waals surface area contributed by atoms with Crippen LogP contribution in [0.25, 0.3) is 11.0 Å². The minimum atomic E-state index is -1.15. The van der Waals surface area contributed by atoms with Crippen LogP contribution in [0.3, 0.4) is 0 Å². The smallest absolute Gasteiger partial charge is 0.336 e. The first-order valence-electron chi connectivity index (χ1n) is 21.7. The molecule has 9 rings (SSSR count). The summed E-state index contributed by atoms with van der Waals surface area (Å²) in [5, 5.41) is 10.8. The molecule has 4 aliphatic rings. The lowest BCUT2D eigenvalue weighted by atomic mass is 9.71. The number of ether oxygens (including phenoxy) is 3. The van der Waals surface area contributed by atoms with E-state index in [1.54, 1.807) is 12.1 Å². The topological polar surface area (TPSA) is 112 Å². The summed E-state index contributed by atoms with van der Waals surface area (Å²) in [6.07, 6.45) is 6.90. The van der Waals surface area contributed by atoms with Crippen molar-refractivity contribution in [2.75, 3.05) is 0 Å². The van der Waals surface area contributed by atoms with Crippen LogP contribution in [0.2, 0.25) is 0 Å². The molecule has 0 amide bonds. The predicted molar refractivity (Wildman–Crippen MR) is 232 cm³/mol. The maximum atomic E-state index is 14.7. The highest BCUT2D eigenvalue weighted by Crippen LogP contribution is 2.52. The van der Waals surface area contributed by atoms with Gasteiger partial charge in [0.15, 0.2) is 12.2 Å². The van der Waals surface area contributed by atoms with Crippen LogP contribution in [-0.2, 0) is 51.4 Å². The Morgan fingerprint density at radius 2 is 1.50 bits per heavy atom. The van der Waals surface area contributed by atoms with E-state index in [1.807, 2.05) is 26.8 Å². The van der Waals surface area contributed by atoms with Gasteiger partial charge in [-0.2, -0.15) is 0 Å². The van der Waals surface area contributed by atoms with E-state index in [1.165, 1.54) is 22.8 Å². The number of carbonyl (C=O) groups excluding carboxylic acids is 2. The highest BCUT2D eigenvalue weighted by atomic mass is 16.6. The number of allylic oxidation sites excluding steroid dienone is 1. The minimum Gasteiger partial charge on any atom is -0.483 e. The van der Waals surface area contributed by atoms with Crippen molar-refractivity contribution in [2.45, 2.75) is 122 Å². The Labute approximate surface area is 352 Å². The van der Waals surface area contributed by atoms with Crippen molar-refractivity contribution in [1.29, 1.82) is 0 Å². The van der Waals surface area contributed by atoms with E-state index in [-0.39, 0.29) is 23.8 Å². The second-order valence-electron chi connectivity index (χ2n) is 17.6. The van der Waals surface area contributed by atoms with Gasteiger partial charge in [-0.05, 0) is 124 Å². The van der Waals surface area contributed by atoms with E-state index in [4.69, 9.17) is 18.6 Å². The molecule has 1 fully saturated rings. The van der Waals surface area contributed by atoms with Crippen LogP contribution >= 0.6 is 0 Å². The van der Waals surface area contributed by atoms with Crippen LogP contribution in [0.4, 0.5) is 0 Å². The Hall–Kier alpha value is -5.47. The lowest BCUT2D eigenvalue weighted by Crippen LogP contribution is -2.58. The minimum absolute atomic E-state index is 0.00556. The lowest BCUT2D eigenvalue weighted by Gasteiger charge is -2.50. The molecule has 0 spiro atoms. The number of esters is 2. The van der Waals surface area contributed by atoms with Crippen LogP contribution in [0.5, 0.6) is 5.75 Å². The fourth-order valence-electron chi connectivity index (χ4n) is 9.81. The van der Waals surface area contributed by atoms with Gasteiger partial charge in [0.1, 0.15) is 16.9 Å². The SMILES string of the molecule is CC(C)=C1CCc2ccc(cc2)CC(CCc2cccc(Cc3ccccc3)c2)CC(=O)OC2c3c(ccc4c(CO)cc(=O)oc34)OC(C)(C3CCCCC3)C2OC1=O. The number of aliphatic hydroxyl groups is 1. The zero-order valence-corrected chi connectivity index (χ0v) is 35.0. The molecule has 0 saturated heterocycles. The fraction of sp³-hybridized carbons (Fsp3) is 0.404. The van der Waals surface area contributed by atoms with Crippen molar-refractivity contribution in [3.05, 3.63) is 158 Å². The molecule has 8 heteroatoms. The monoisotopic (exact) mass is 808 g/mol. The average Bonchev–Trinajstić information content (AvgIpc) is 3.24. The Kier molecular flexibility index (Phi) is 12.4. The number of aryl methyl sites for hydroxylation is 2. The summed E-state index contributed by atoms with van der Waals surface area (Å²) in [6, 6.07) is 32.5. The molecular formula is C52H56O8. The first-order valence-corrected chi connectivity index (χ1v) is 21.7. The van der Waals surface area contributed by atoms with Crippen molar-refractivity contribution in [3.8, 4) is 5.75 Å². The Morgan fingerprint density at radius 3 is 2.25 bits per heavy atom. The second kappa shape index (κ2) is 18.0. The predicted octanol–water partition coefficient (Wildman–Crippen LogP) is 10.3. The van der Waals surface area contributed by atoms with Crippen molar-refractivity contribution in [2.24, 2.45) is 11.8 Å². The molecule has 8 nitrogen and oxygen atoms in total. The maximum absolute atomic E-state index is 14.7. The van der Waals surface area contributed by atoms with Crippen LogP contribution in [0.1, 0.15) is 117 Å². The zero-order valence-electron chi connectivity index (χ0n) is 35.0. The van der Waals surface area contributed by atoms with Gasteiger partial charge in [0.2, 0.25) is 0 Å². The van der Waals surface area contributed by atoms with Crippen LogP contribution < -0.4 is 10.4 Å². The molecule has 0 radical (unpaired) electrons. The van der Waals surface area contributed by atoms with Crippen molar-refractivity contribution in [3.63, 3.8) is 0 Å². The second-order valence-corrected chi connectivity index (χ2v) is 17.6. The number of rotatable bonds is 7. The van der Waals surface area contributed by atoms with Gasteiger partial charge in [-0.25, -0.2) is 9.59 Å². The van der Waals surface area contributed by atoms with E-state index in [9.17, 15) is 19.5 Å². The van der Waals surface area contributed by atoms with E-state index >= 15 is 0 Å². The molecule has 5 aromatic rings. The molecule has 1 aromatic heterocycles. The summed E-state index contributed by atoms with van der Waals surface area (Å²) in [6.45, 7) is 5.42. The molecule has 4 aromatic carbocycles. The summed E-state index contributed by atoms with van der Waals surface area (Å²) in [4.78, 5) is 42.3. The van der Waals surface area contributed by atoms with E-state index < -0.39 is 42.0 Å². The molecule has 4 unspecified atom stereocenters. The molecule has 3 aliphatic heterocycles. The summed E-state index contributed by atoms with van der Waals surface area (Å²) < 4.78 is 26.3. The fourth-order valence-corrected chi connectivity index (χ4v) is 9.81. The van der Waals surface area contributed by atoms with Gasteiger partial charge >= 0.3 is 17.6 Å². The van der Waals surface area contributed by atoms with Gasteiger partial charge in [-0.3, -0.25) is 4.79 Å². The summed E-state index contributed by atoms with van der Waals surface area (Å²) in [7, 11) is 0. The highest BCUT2D eigenvalue weighted by Gasteiger charge is 2.56. The number of hydrogen-bond acceptors (Lipinski definition) is 8. The summed E-state index contributed by atoms with van der Waals surface area (Å²) in [5.41, 5.74) is 6.50. The van der Waals surface area contributed by atoms with E-state index in [0.29, 0.717) is 47.1 Å². The molecule has 312 valence electrons. The maximum Gasteiger partial charge on any atom is 0.336 e. The Bertz CT molecular complexity index is 2420. The third kappa shape index (κ3) is 8.99. The molecule has 1 aliphatic carbocycles.